The summed E-state index contributed by atoms with van der Waals surface area (Å²) in [5, 5.41) is 23.3. The van der Waals surface area contributed by atoms with Crippen LogP contribution in [0.4, 0.5) is 11.4 Å². The van der Waals surface area contributed by atoms with Gasteiger partial charge in [-0.1, -0.05) is 0 Å². The third-order valence-corrected chi connectivity index (χ3v) is 2.34. The Hall–Kier alpha value is -1.79. The van der Waals surface area contributed by atoms with Gasteiger partial charge in [0.1, 0.15) is 0 Å². The van der Waals surface area contributed by atoms with Crippen LogP contribution >= 0.6 is 0 Å². The zero-order chi connectivity index (χ0) is 12.8. The predicted octanol–water partition coefficient (Wildman–Crippen LogP) is -0.606. The molecule has 0 fully saturated rings. The first-order valence-corrected chi connectivity index (χ1v) is 5.22. The third-order valence-electron chi connectivity index (χ3n) is 2.34. The first-order valence-electron chi connectivity index (χ1n) is 5.22. The number of nitrogens with one attached hydrogen (secondary N) is 2. The van der Waals surface area contributed by atoms with Gasteiger partial charge in [-0.3, -0.25) is 4.79 Å². The number of aliphatic hydroxyl groups is 2. The molecular formula is C11H17N3O3. The number of nitrogen functional groups attached to an aromatic ring is 1. The van der Waals surface area contributed by atoms with Crippen molar-refractivity contribution in [2.24, 2.45) is 0 Å². The summed E-state index contributed by atoms with van der Waals surface area (Å²) in [7, 11) is 1.54. The Kier molecular flexibility index (Phi) is 4.74. The van der Waals surface area contributed by atoms with E-state index < -0.39 is 6.04 Å². The van der Waals surface area contributed by atoms with Crippen LogP contribution in [0.5, 0.6) is 0 Å². The van der Waals surface area contributed by atoms with E-state index in [-0.39, 0.29) is 19.1 Å². The van der Waals surface area contributed by atoms with Gasteiger partial charge in [0.2, 0.25) is 0 Å². The monoisotopic (exact) mass is 239 g/mol. The second-order valence-corrected chi connectivity index (χ2v) is 3.59. The van der Waals surface area contributed by atoms with Gasteiger partial charge in [0, 0.05) is 12.6 Å². The summed E-state index contributed by atoms with van der Waals surface area (Å²) >= 11 is 0. The molecule has 6 nitrogen and oxygen atoms in total. The smallest absolute Gasteiger partial charge is 0.251 e. The minimum absolute atomic E-state index is 0.222. The van der Waals surface area contributed by atoms with Crippen LogP contribution in [0, 0.1) is 0 Å². The molecule has 0 bridgehead atoms. The summed E-state index contributed by atoms with van der Waals surface area (Å²) in [6, 6.07) is 4.27. The number of nitrogens with two attached hydrogens (primary N) is 1. The van der Waals surface area contributed by atoms with Gasteiger partial charge in [0.15, 0.2) is 0 Å². The molecule has 0 radical (unpaired) electrons. The number of amides is 1. The highest BCUT2D eigenvalue weighted by molar-refractivity contribution is 5.96. The van der Waals surface area contributed by atoms with Crippen LogP contribution in [-0.2, 0) is 0 Å². The molecule has 0 aliphatic rings. The van der Waals surface area contributed by atoms with Gasteiger partial charge >= 0.3 is 0 Å². The summed E-state index contributed by atoms with van der Waals surface area (Å²) in [5.74, 6) is -0.224. The Balaban J connectivity index is 2.94. The molecule has 0 spiro atoms. The van der Waals surface area contributed by atoms with Crippen molar-refractivity contribution in [1.29, 1.82) is 0 Å². The van der Waals surface area contributed by atoms with Crippen molar-refractivity contribution in [1.82, 2.24) is 5.32 Å². The maximum Gasteiger partial charge on any atom is 0.251 e. The lowest BCUT2D eigenvalue weighted by molar-refractivity contribution is 0.0963. The normalized spacial score (nSPS) is 10.4. The number of carbonyl (C=O) groups is 1. The van der Waals surface area contributed by atoms with Crippen molar-refractivity contribution in [2.75, 3.05) is 31.3 Å². The number of hydrogen-bond donors (Lipinski definition) is 5. The van der Waals surface area contributed by atoms with Crippen LogP contribution in [0.25, 0.3) is 0 Å². The largest absolute Gasteiger partial charge is 0.397 e. The summed E-state index contributed by atoms with van der Waals surface area (Å²) in [5.41, 5.74) is 7.15. The Morgan fingerprint density at radius 1 is 1.41 bits per heavy atom. The number of rotatable bonds is 5. The molecule has 1 rings (SSSR count). The first-order chi connectivity index (χ1) is 8.12. The molecule has 6 heteroatoms. The molecule has 0 saturated carbocycles. The number of benzene rings is 1. The molecule has 0 heterocycles. The standard InChI is InChI=1S/C11H17N3O3/c1-13-11(17)7-2-3-9(12)10(4-7)14-8(5-15)6-16/h2-4,8,14-16H,5-6,12H2,1H3,(H,13,17). The topological polar surface area (TPSA) is 108 Å². The van der Waals surface area contributed by atoms with Gasteiger partial charge < -0.3 is 26.6 Å². The third kappa shape index (κ3) is 3.33. The quantitative estimate of drug-likeness (QED) is 0.441. The zero-order valence-corrected chi connectivity index (χ0v) is 9.60. The van der Waals surface area contributed by atoms with Crippen molar-refractivity contribution in [2.45, 2.75) is 6.04 Å². The molecule has 0 aromatic heterocycles. The Morgan fingerprint density at radius 3 is 2.59 bits per heavy atom. The predicted molar refractivity (Wildman–Crippen MR) is 65.8 cm³/mol. The SMILES string of the molecule is CNC(=O)c1ccc(N)c(NC(CO)CO)c1. The molecular weight excluding hydrogens is 222 g/mol. The average Bonchev–Trinajstić information content (AvgIpc) is 2.36. The van der Waals surface area contributed by atoms with Gasteiger partial charge in [-0.2, -0.15) is 0 Å². The van der Waals surface area contributed by atoms with Crippen molar-refractivity contribution >= 4 is 17.3 Å². The number of carbonyl (C=O) groups excluding carboxylic acids is 1. The molecule has 1 aromatic carbocycles. The maximum atomic E-state index is 11.4. The van der Waals surface area contributed by atoms with E-state index in [4.69, 9.17) is 15.9 Å². The summed E-state index contributed by atoms with van der Waals surface area (Å²) < 4.78 is 0. The molecule has 0 aliphatic carbocycles. The van der Waals surface area contributed by atoms with Gasteiger partial charge in [-0.15, -0.1) is 0 Å². The van der Waals surface area contributed by atoms with E-state index in [9.17, 15) is 4.79 Å². The molecule has 0 unspecified atom stereocenters. The van der Waals surface area contributed by atoms with Gasteiger partial charge in [-0.25, -0.2) is 0 Å². The number of anilines is 2. The van der Waals surface area contributed by atoms with Crippen LogP contribution < -0.4 is 16.4 Å². The van der Waals surface area contributed by atoms with Gasteiger partial charge in [0.25, 0.3) is 5.91 Å². The van der Waals surface area contributed by atoms with E-state index in [0.29, 0.717) is 16.9 Å². The van der Waals surface area contributed by atoms with E-state index in [1.807, 2.05) is 0 Å². The van der Waals surface area contributed by atoms with E-state index in [0.717, 1.165) is 0 Å². The van der Waals surface area contributed by atoms with Crippen LogP contribution in [0.2, 0.25) is 0 Å². The van der Waals surface area contributed by atoms with Crippen LogP contribution in [-0.4, -0.2) is 42.4 Å². The molecule has 0 atom stereocenters. The van der Waals surface area contributed by atoms with Crippen LogP contribution in [0.1, 0.15) is 10.4 Å². The second kappa shape index (κ2) is 6.07. The molecule has 0 saturated heterocycles. The minimum Gasteiger partial charge on any atom is -0.397 e. The lowest BCUT2D eigenvalue weighted by Gasteiger charge is -2.17. The van der Waals surface area contributed by atoms with E-state index >= 15 is 0 Å². The summed E-state index contributed by atoms with van der Waals surface area (Å²) in [6.45, 7) is -0.444. The maximum absolute atomic E-state index is 11.4. The van der Waals surface area contributed by atoms with Crippen molar-refractivity contribution < 1.29 is 15.0 Å². The Labute approximate surface area is 99.4 Å². The molecule has 1 amide bonds. The van der Waals surface area contributed by atoms with Crippen molar-refractivity contribution in [3.63, 3.8) is 0 Å². The molecule has 0 aliphatic heterocycles. The summed E-state index contributed by atoms with van der Waals surface area (Å²) in [4.78, 5) is 11.4. The highest BCUT2D eigenvalue weighted by Gasteiger charge is 2.10. The number of hydrogen-bond acceptors (Lipinski definition) is 5. The fourth-order valence-corrected chi connectivity index (χ4v) is 1.34. The summed E-state index contributed by atoms with van der Waals surface area (Å²) in [6.07, 6.45) is 0. The Morgan fingerprint density at radius 2 is 2.06 bits per heavy atom. The van der Waals surface area contributed by atoms with Gasteiger partial charge in [0.05, 0.1) is 30.6 Å². The minimum atomic E-state index is -0.503. The lowest BCUT2D eigenvalue weighted by Crippen LogP contribution is -2.28. The molecule has 6 N–H and O–H groups in total. The van der Waals surface area contributed by atoms with Crippen molar-refractivity contribution in [3.05, 3.63) is 23.8 Å². The average molecular weight is 239 g/mol. The molecule has 94 valence electrons. The fourth-order valence-electron chi connectivity index (χ4n) is 1.34. The molecule has 1 aromatic rings. The number of aliphatic hydroxyl groups excluding tert-OH is 2. The van der Waals surface area contributed by atoms with E-state index in [1.54, 1.807) is 18.2 Å². The lowest BCUT2D eigenvalue weighted by atomic mass is 10.1. The Bertz CT molecular complexity index is 392. The first kappa shape index (κ1) is 13.3. The zero-order valence-electron chi connectivity index (χ0n) is 9.60. The molecule has 17 heavy (non-hydrogen) atoms. The van der Waals surface area contributed by atoms with Crippen LogP contribution in [0.3, 0.4) is 0 Å². The van der Waals surface area contributed by atoms with E-state index in [1.165, 1.54) is 7.05 Å². The highest BCUT2D eigenvalue weighted by atomic mass is 16.3. The second-order valence-electron chi connectivity index (χ2n) is 3.59. The van der Waals surface area contributed by atoms with Gasteiger partial charge in [-0.05, 0) is 18.2 Å². The highest BCUT2D eigenvalue weighted by Crippen LogP contribution is 2.20. The van der Waals surface area contributed by atoms with Crippen LogP contribution in [0.15, 0.2) is 18.2 Å². The van der Waals surface area contributed by atoms with Crippen molar-refractivity contribution in [3.8, 4) is 0 Å². The fraction of sp³-hybridized carbons (Fsp3) is 0.364. The van der Waals surface area contributed by atoms with E-state index in [2.05, 4.69) is 10.6 Å².